The highest BCUT2D eigenvalue weighted by molar-refractivity contribution is 5.97. The van der Waals surface area contributed by atoms with Crippen molar-refractivity contribution in [1.82, 2.24) is 4.90 Å². The van der Waals surface area contributed by atoms with Crippen molar-refractivity contribution in [2.24, 2.45) is 0 Å². The van der Waals surface area contributed by atoms with E-state index < -0.39 is 5.97 Å². The van der Waals surface area contributed by atoms with E-state index in [9.17, 15) is 9.59 Å². The SMILES string of the molecule is COc1ccc2oc(C(=O)OCC(=O)N3CCCC[C@@H]3C)c(C)c2c1. The van der Waals surface area contributed by atoms with Gasteiger partial charge in [0.2, 0.25) is 5.76 Å². The normalized spacial score (nSPS) is 17.6. The van der Waals surface area contributed by atoms with Gasteiger partial charge in [-0.3, -0.25) is 4.79 Å². The fraction of sp³-hybridized carbons (Fsp3) is 0.474. The van der Waals surface area contributed by atoms with E-state index in [0.29, 0.717) is 16.9 Å². The van der Waals surface area contributed by atoms with Gasteiger partial charge in [0.15, 0.2) is 6.61 Å². The van der Waals surface area contributed by atoms with Crippen LogP contribution in [-0.2, 0) is 9.53 Å². The number of benzene rings is 1. The number of rotatable bonds is 4. The molecule has 0 spiro atoms. The van der Waals surface area contributed by atoms with Crippen LogP contribution in [0.2, 0.25) is 0 Å². The predicted octanol–water partition coefficient (Wildman–Crippen LogP) is 3.31. The quantitative estimate of drug-likeness (QED) is 0.795. The largest absolute Gasteiger partial charge is 0.497 e. The lowest BCUT2D eigenvalue weighted by atomic mass is 10.0. The Morgan fingerprint density at radius 1 is 1.32 bits per heavy atom. The van der Waals surface area contributed by atoms with Crippen LogP contribution >= 0.6 is 0 Å². The maximum atomic E-state index is 12.3. The second kappa shape index (κ2) is 7.17. The molecule has 1 fully saturated rings. The van der Waals surface area contributed by atoms with Gasteiger partial charge in [-0.05, 0) is 51.3 Å². The van der Waals surface area contributed by atoms with E-state index in [-0.39, 0.29) is 24.3 Å². The second-order valence-electron chi connectivity index (χ2n) is 6.43. The molecule has 0 saturated carbocycles. The molecule has 3 rings (SSSR count). The lowest BCUT2D eigenvalue weighted by molar-refractivity contribution is -0.137. The van der Waals surface area contributed by atoms with Gasteiger partial charge in [-0.25, -0.2) is 4.79 Å². The van der Waals surface area contributed by atoms with Crippen molar-refractivity contribution in [1.29, 1.82) is 0 Å². The third-order valence-corrected chi connectivity index (χ3v) is 4.78. The molecular weight excluding hydrogens is 322 g/mol. The molecule has 1 aliphatic rings. The number of nitrogens with zero attached hydrogens (tertiary/aromatic N) is 1. The standard InChI is InChI=1S/C19H23NO5/c1-12-6-4-5-9-20(12)17(21)11-24-19(22)18-13(2)15-10-14(23-3)7-8-16(15)25-18/h7-8,10,12H,4-6,9,11H2,1-3H3/t12-/m0/s1. The van der Waals surface area contributed by atoms with Crippen molar-refractivity contribution in [3.8, 4) is 5.75 Å². The van der Waals surface area contributed by atoms with Crippen LogP contribution in [-0.4, -0.2) is 43.1 Å². The van der Waals surface area contributed by atoms with Gasteiger partial charge in [0.1, 0.15) is 11.3 Å². The molecule has 6 heteroatoms. The minimum Gasteiger partial charge on any atom is -0.497 e. The van der Waals surface area contributed by atoms with E-state index in [4.69, 9.17) is 13.9 Å². The summed E-state index contributed by atoms with van der Waals surface area (Å²) in [7, 11) is 1.58. The average Bonchev–Trinajstić information content (AvgIpc) is 2.96. The number of esters is 1. The van der Waals surface area contributed by atoms with Gasteiger partial charge < -0.3 is 18.8 Å². The molecule has 0 radical (unpaired) electrons. The van der Waals surface area contributed by atoms with Crippen LogP contribution in [0, 0.1) is 6.92 Å². The number of furan rings is 1. The van der Waals surface area contributed by atoms with Gasteiger partial charge in [-0.2, -0.15) is 0 Å². The van der Waals surface area contributed by atoms with Crippen LogP contribution in [0.1, 0.15) is 42.3 Å². The molecule has 25 heavy (non-hydrogen) atoms. The molecule has 6 nitrogen and oxygen atoms in total. The topological polar surface area (TPSA) is 69.0 Å². The van der Waals surface area contributed by atoms with Gasteiger partial charge in [0, 0.05) is 23.5 Å². The number of hydrogen-bond acceptors (Lipinski definition) is 5. The molecule has 0 bridgehead atoms. The Hall–Kier alpha value is -2.50. The van der Waals surface area contributed by atoms with Crippen LogP contribution in [0.5, 0.6) is 5.75 Å². The number of fused-ring (bicyclic) bond motifs is 1. The first-order chi connectivity index (χ1) is 12.0. The summed E-state index contributed by atoms with van der Waals surface area (Å²) >= 11 is 0. The molecule has 1 amide bonds. The number of ether oxygens (including phenoxy) is 2. The van der Waals surface area contributed by atoms with Gasteiger partial charge in [-0.15, -0.1) is 0 Å². The molecule has 1 saturated heterocycles. The third kappa shape index (κ3) is 3.48. The summed E-state index contributed by atoms with van der Waals surface area (Å²) in [5, 5.41) is 0.794. The zero-order valence-corrected chi connectivity index (χ0v) is 14.8. The van der Waals surface area contributed by atoms with Crippen LogP contribution in [0.4, 0.5) is 0 Å². The molecule has 0 N–H and O–H groups in total. The van der Waals surface area contributed by atoms with Crippen molar-refractivity contribution >= 4 is 22.8 Å². The summed E-state index contributed by atoms with van der Waals surface area (Å²) < 4.78 is 16.0. The van der Waals surface area contributed by atoms with E-state index >= 15 is 0 Å². The molecule has 2 aromatic rings. The average molecular weight is 345 g/mol. The van der Waals surface area contributed by atoms with Crippen LogP contribution in [0.25, 0.3) is 11.0 Å². The molecule has 1 atom stereocenters. The first-order valence-corrected chi connectivity index (χ1v) is 8.55. The Morgan fingerprint density at radius 3 is 2.84 bits per heavy atom. The number of amides is 1. The highest BCUT2D eigenvalue weighted by Crippen LogP contribution is 2.29. The number of carbonyl (C=O) groups excluding carboxylic acids is 2. The van der Waals surface area contributed by atoms with Crippen molar-refractivity contribution in [2.45, 2.75) is 39.2 Å². The summed E-state index contributed by atoms with van der Waals surface area (Å²) in [6, 6.07) is 5.52. The van der Waals surface area contributed by atoms with Gasteiger partial charge >= 0.3 is 5.97 Å². The maximum Gasteiger partial charge on any atom is 0.375 e. The van der Waals surface area contributed by atoms with Crippen molar-refractivity contribution < 1.29 is 23.5 Å². The number of aryl methyl sites for hydroxylation is 1. The summed E-state index contributed by atoms with van der Waals surface area (Å²) in [6.45, 7) is 4.27. The van der Waals surface area contributed by atoms with E-state index in [1.165, 1.54) is 0 Å². The molecule has 0 unspecified atom stereocenters. The Morgan fingerprint density at radius 2 is 2.12 bits per heavy atom. The smallest absolute Gasteiger partial charge is 0.375 e. The minimum absolute atomic E-state index is 0.128. The van der Waals surface area contributed by atoms with Crippen molar-refractivity contribution in [3.05, 3.63) is 29.5 Å². The Bertz CT molecular complexity index is 794. The summed E-state index contributed by atoms with van der Waals surface area (Å²) in [6.07, 6.45) is 3.12. The van der Waals surface area contributed by atoms with E-state index in [0.717, 1.165) is 31.2 Å². The van der Waals surface area contributed by atoms with Gasteiger partial charge in [-0.1, -0.05) is 0 Å². The zero-order valence-electron chi connectivity index (χ0n) is 14.8. The van der Waals surface area contributed by atoms with Crippen molar-refractivity contribution in [3.63, 3.8) is 0 Å². The zero-order chi connectivity index (χ0) is 18.0. The molecule has 1 aliphatic heterocycles. The summed E-state index contributed by atoms with van der Waals surface area (Å²) in [4.78, 5) is 26.4. The van der Waals surface area contributed by atoms with Crippen LogP contribution in [0.15, 0.2) is 22.6 Å². The molecule has 0 aliphatic carbocycles. The molecule has 2 heterocycles. The number of piperidine rings is 1. The van der Waals surface area contributed by atoms with Crippen molar-refractivity contribution in [2.75, 3.05) is 20.3 Å². The van der Waals surface area contributed by atoms with E-state index in [1.807, 2.05) is 13.0 Å². The van der Waals surface area contributed by atoms with Gasteiger partial charge in [0.25, 0.3) is 5.91 Å². The maximum absolute atomic E-state index is 12.3. The number of hydrogen-bond donors (Lipinski definition) is 0. The molecular formula is C19H23NO5. The molecule has 1 aromatic heterocycles. The van der Waals surface area contributed by atoms with E-state index in [1.54, 1.807) is 31.1 Å². The molecule has 1 aromatic carbocycles. The monoisotopic (exact) mass is 345 g/mol. The van der Waals surface area contributed by atoms with E-state index in [2.05, 4.69) is 0 Å². The Labute approximate surface area is 146 Å². The second-order valence-corrected chi connectivity index (χ2v) is 6.43. The first kappa shape index (κ1) is 17.3. The summed E-state index contributed by atoms with van der Waals surface area (Å²) in [5.41, 5.74) is 1.26. The highest BCUT2D eigenvalue weighted by Gasteiger charge is 2.25. The predicted molar refractivity (Wildman–Crippen MR) is 92.8 cm³/mol. The first-order valence-electron chi connectivity index (χ1n) is 8.55. The fourth-order valence-corrected chi connectivity index (χ4v) is 3.27. The Kier molecular flexibility index (Phi) is 4.97. The number of likely N-dealkylation sites (tertiary alicyclic amines) is 1. The summed E-state index contributed by atoms with van der Waals surface area (Å²) in [5.74, 6) is 0.0370. The minimum atomic E-state index is -0.620. The lowest BCUT2D eigenvalue weighted by Gasteiger charge is -2.33. The van der Waals surface area contributed by atoms with Gasteiger partial charge in [0.05, 0.1) is 7.11 Å². The highest BCUT2D eigenvalue weighted by atomic mass is 16.5. The fourth-order valence-electron chi connectivity index (χ4n) is 3.27. The third-order valence-electron chi connectivity index (χ3n) is 4.78. The number of carbonyl (C=O) groups is 2. The Balaban J connectivity index is 1.70. The molecule has 134 valence electrons. The number of methoxy groups -OCH3 is 1. The van der Waals surface area contributed by atoms with Crippen LogP contribution < -0.4 is 4.74 Å². The van der Waals surface area contributed by atoms with Crippen LogP contribution in [0.3, 0.4) is 0 Å². The lowest BCUT2D eigenvalue weighted by Crippen LogP contribution is -2.44.